The molecule has 0 saturated carbocycles. The largest absolute Gasteiger partial charge is 0.353 e. The van der Waals surface area contributed by atoms with E-state index in [2.05, 4.69) is 31.0 Å². The molecule has 1 aromatic rings. The first kappa shape index (κ1) is 18.9. The van der Waals surface area contributed by atoms with Gasteiger partial charge in [-0.2, -0.15) is 0 Å². The summed E-state index contributed by atoms with van der Waals surface area (Å²) >= 11 is 0. The predicted octanol–water partition coefficient (Wildman–Crippen LogP) is 2.43. The third-order valence-electron chi connectivity index (χ3n) is 5.18. The number of nitrogens with two attached hydrogens (primary N) is 1. The first-order chi connectivity index (χ1) is 11.5. The van der Waals surface area contributed by atoms with Gasteiger partial charge < -0.3 is 11.1 Å². The maximum absolute atomic E-state index is 12.4. The number of nitrogens with zero attached hydrogens (tertiary/aromatic N) is 1. The van der Waals surface area contributed by atoms with Crippen LogP contribution in [-0.4, -0.2) is 42.5 Å². The summed E-state index contributed by atoms with van der Waals surface area (Å²) in [5, 5.41) is 3.09. The van der Waals surface area contributed by atoms with Gasteiger partial charge >= 0.3 is 0 Å². The Morgan fingerprint density at radius 1 is 1.25 bits per heavy atom. The Kier molecular flexibility index (Phi) is 7.25. The predicted molar refractivity (Wildman–Crippen MR) is 99.7 cm³/mol. The summed E-state index contributed by atoms with van der Waals surface area (Å²) in [6, 6.07) is 9.87. The standard InChI is InChI=1S/C20H33N3O/c1-15(2)19(23-11-9-16(3)10-12-23)14-22-20(24)18(21)13-17-7-5-4-6-8-17/h4-8,15-16,18-19H,9-14,21H2,1-3H3,(H,22,24). The van der Waals surface area contributed by atoms with Crippen molar-refractivity contribution in [1.29, 1.82) is 0 Å². The van der Waals surface area contributed by atoms with Gasteiger partial charge in [-0.25, -0.2) is 0 Å². The van der Waals surface area contributed by atoms with Crippen molar-refractivity contribution in [3.63, 3.8) is 0 Å². The fourth-order valence-electron chi connectivity index (χ4n) is 3.44. The zero-order valence-electron chi connectivity index (χ0n) is 15.4. The van der Waals surface area contributed by atoms with E-state index in [1.807, 2.05) is 30.3 Å². The van der Waals surface area contributed by atoms with Crippen molar-refractivity contribution in [2.45, 2.75) is 52.1 Å². The van der Waals surface area contributed by atoms with Crippen LogP contribution in [0.5, 0.6) is 0 Å². The first-order valence-corrected chi connectivity index (χ1v) is 9.28. The first-order valence-electron chi connectivity index (χ1n) is 9.28. The lowest BCUT2D eigenvalue weighted by Gasteiger charge is -2.39. The Hall–Kier alpha value is -1.39. The molecule has 4 heteroatoms. The Bertz CT molecular complexity index is 495. The van der Waals surface area contributed by atoms with Gasteiger partial charge in [0.25, 0.3) is 0 Å². The number of piperidine rings is 1. The van der Waals surface area contributed by atoms with E-state index in [-0.39, 0.29) is 5.91 Å². The highest BCUT2D eigenvalue weighted by molar-refractivity contribution is 5.81. The van der Waals surface area contributed by atoms with Crippen LogP contribution in [0.4, 0.5) is 0 Å². The van der Waals surface area contributed by atoms with Crippen LogP contribution in [0, 0.1) is 11.8 Å². The third-order valence-corrected chi connectivity index (χ3v) is 5.18. The lowest BCUT2D eigenvalue weighted by molar-refractivity contribution is -0.122. The van der Waals surface area contributed by atoms with Crippen molar-refractivity contribution in [3.8, 4) is 0 Å². The molecule has 0 radical (unpaired) electrons. The number of nitrogens with one attached hydrogen (secondary N) is 1. The molecular formula is C20H33N3O. The number of carbonyl (C=O) groups excluding carboxylic acids is 1. The van der Waals surface area contributed by atoms with Crippen molar-refractivity contribution >= 4 is 5.91 Å². The maximum atomic E-state index is 12.4. The highest BCUT2D eigenvalue weighted by atomic mass is 16.2. The van der Waals surface area contributed by atoms with Crippen molar-refractivity contribution in [1.82, 2.24) is 10.2 Å². The summed E-state index contributed by atoms with van der Waals surface area (Å²) in [6.07, 6.45) is 3.09. The molecule has 3 N–H and O–H groups in total. The van der Waals surface area contributed by atoms with Crippen LogP contribution in [-0.2, 0) is 11.2 Å². The molecule has 2 rings (SSSR count). The summed E-state index contributed by atoms with van der Waals surface area (Å²) in [4.78, 5) is 14.9. The molecule has 2 unspecified atom stereocenters. The minimum Gasteiger partial charge on any atom is -0.353 e. The van der Waals surface area contributed by atoms with Gasteiger partial charge in [0.2, 0.25) is 5.91 Å². The van der Waals surface area contributed by atoms with Gasteiger partial charge in [0.15, 0.2) is 0 Å². The molecule has 1 fully saturated rings. The number of amides is 1. The van der Waals surface area contributed by atoms with Crippen LogP contribution in [0.1, 0.15) is 39.2 Å². The summed E-state index contributed by atoms with van der Waals surface area (Å²) in [7, 11) is 0. The zero-order valence-corrected chi connectivity index (χ0v) is 15.4. The molecule has 24 heavy (non-hydrogen) atoms. The van der Waals surface area contributed by atoms with Crippen molar-refractivity contribution in [2.75, 3.05) is 19.6 Å². The molecule has 0 aliphatic carbocycles. The smallest absolute Gasteiger partial charge is 0.237 e. The molecule has 1 saturated heterocycles. The molecule has 0 bridgehead atoms. The average molecular weight is 332 g/mol. The lowest BCUT2D eigenvalue weighted by Crippen LogP contribution is -2.52. The second-order valence-electron chi connectivity index (χ2n) is 7.57. The second-order valence-corrected chi connectivity index (χ2v) is 7.57. The van der Waals surface area contributed by atoms with Crippen molar-refractivity contribution in [3.05, 3.63) is 35.9 Å². The molecular weight excluding hydrogens is 298 g/mol. The SMILES string of the molecule is CC1CCN(C(CNC(=O)C(N)Cc2ccccc2)C(C)C)CC1. The van der Waals surface area contributed by atoms with E-state index in [1.165, 1.54) is 12.8 Å². The third kappa shape index (κ3) is 5.60. The number of benzene rings is 1. The second kappa shape index (κ2) is 9.19. The topological polar surface area (TPSA) is 58.4 Å². The molecule has 1 amide bonds. The van der Waals surface area contributed by atoms with Gasteiger partial charge in [0.05, 0.1) is 6.04 Å². The molecule has 134 valence electrons. The number of rotatable bonds is 7. The van der Waals surface area contributed by atoms with E-state index in [0.717, 1.165) is 24.6 Å². The van der Waals surface area contributed by atoms with Crippen LogP contribution in [0.3, 0.4) is 0 Å². The highest BCUT2D eigenvalue weighted by Crippen LogP contribution is 2.21. The van der Waals surface area contributed by atoms with Crippen LogP contribution in [0.15, 0.2) is 30.3 Å². The van der Waals surface area contributed by atoms with Crippen LogP contribution in [0.25, 0.3) is 0 Å². The summed E-state index contributed by atoms with van der Waals surface area (Å²) < 4.78 is 0. The van der Waals surface area contributed by atoms with Gasteiger partial charge in [-0.05, 0) is 49.8 Å². The number of hydrogen-bond donors (Lipinski definition) is 2. The van der Waals surface area contributed by atoms with E-state index < -0.39 is 6.04 Å². The summed E-state index contributed by atoms with van der Waals surface area (Å²) in [6.45, 7) is 9.75. The van der Waals surface area contributed by atoms with Gasteiger partial charge in [-0.3, -0.25) is 9.69 Å². The molecule has 0 spiro atoms. The number of hydrogen-bond acceptors (Lipinski definition) is 3. The monoisotopic (exact) mass is 331 g/mol. The van der Waals surface area contributed by atoms with Crippen LogP contribution >= 0.6 is 0 Å². The molecule has 0 aromatic heterocycles. The Balaban J connectivity index is 1.83. The molecule has 1 aromatic carbocycles. The molecule has 1 heterocycles. The fourth-order valence-corrected chi connectivity index (χ4v) is 3.44. The minimum absolute atomic E-state index is 0.0464. The van der Waals surface area contributed by atoms with Gasteiger partial charge in [0.1, 0.15) is 0 Å². The normalized spacial score (nSPS) is 19.2. The van der Waals surface area contributed by atoms with Gasteiger partial charge in [-0.1, -0.05) is 51.1 Å². The highest BCUT2D eigenvalue weighted by Gasteiger charge is 2.26. The average Bonchev–Trinajstić information content (AvgIpc) is 2.57. The molecule has 2 atom stereocenters. The Morgan fingerprint density at radius 2 is 1.88 bits per heavy atom. The van der Waals surface area contributed by atoms with Crippen molar-refractivity contribution in [2.24, 2.45) is 17.6 Å². The maximum Gasteiger partial charge on any atom is 0.237 e. The Morgan fingerprint density at radius 3 is 2.46 bits per heavy atom. The molecule has 1 aliphatic heterocycles. The van der Waals surface area contributed by atoms with Gasteiger partial charge in [-0.15, -0.1) is 0 Å². The zero-order chi connectivity index (χ0) is 17.5. The molecule has 1 aliphatic rings. The number of likely N-dealkylation sites (tertiary alicyclic amines) is 1. The van der Waals surface area contributed by atoms with E-state index in [0.29, 0.717) is 24.9 Å². The lowest BCUT2D eigenvalue weighted by atomic mass is 9.94. The number of carbonyl (C=O) groups is 1. The van der Waals surface area contributed by atoms with Crippen LogP contribution in [0.2, 0.25) is 0 Å². The fraction of sp³-hybridized carbons (Fsp3) is 0.650. The summed E-state index contributed by atoms with van der Waals surface area (Å²) in [5.41, 5.74) is 7.18. The minimum atomic E-state index is -0.485. The van der Waals surface area contributed by atoms with Crippen molar-refractivity contribution < 1.29 is 4.79 Å². The molecule has 4 nitrogen and oxygen atoms in total. The van der Waals surface area contributed by atoms with Crippen LogP contribution < -0.4 is 11.1 Å². The van der Waals surface area contributed by atoms with E-state index in [9.17, 15) is 4.79 Å². The van der Waals surface area contributed by atoms with Gasteiger partial charge in [0, 0.05) is 12.6 Å². The van der Waals surface area contributed by atoms with E-state index in [4.69, 9.17) is 5.73 Å². The Labute approximate surface area is 146 Å². The van der Waals surface area contributed by atoms with E-state index in [1.54, 1.807) is 0 Å². The van der Waals surface area contributed by atoms with E-state index >= 15 is 0 Å². The quantitative estimate of drug-likeness (QED) is 0.807. The summed E-state index contributed by atoms with van der Waals surface area (Å²) in [5.74, 6) is 1.29.